The van der Waals surface area contributed by atoms with E-state index in [2.05, 4.69) is 10.6 Å². The van der Waals surface area contributed by atoms with Crippen LogP contribution in [0.2, 0.25) is 0 Å². The maximum absolute atomic E-state index is 12.7. The van der Waals surface area contributed by atoms with Crippen LogP contribution in [0.3, 0.4) is 0 Å². The minimum absolute atomic E-state index is 0.0586. The largest absolute Gasteiger partial charge is 0.348 e. The van der Waals surface area contributed by atoms with Crippen LogP contribution in [0.1, 0.15) is 43.5 Å². The van der Waals surface area contributed by atoms with Crippen LogP contribution in [0, 0.1) is 10.1 Å². The van der Waals surface area contributed by atoms with Crippen molar-refractivity contribution in [3.8, 4) is 0 Å². The Morgan fingerprint density at radius 1 is 1.43 bits per heavy atom. The summed E-state index contributed by atoms with van der Waals surface area (Å²) in [5.41, 5.74) is 0.271. The number of carbonyl (C=O) groups is 2. The third kappa shape index (κ3) is 4.47. The van der Waals surface area contributed by atoms with Crippen molar-refractivity contribution in [3.05, 3.63) is 39.9 Å². The van der Waals surface area contributed by atoms with Crippen molar-refractivity contribution in [2.75, 3.05) is 18.8 Å². The maximum Gasteiger partial charge on any atom is 0.279 e. The van der Waals surface area contributed by atoms with E-state index in [9.17, 15) is 19.7 Å². The highest BCUT2D eigenvalue weighted by molar-refractivity contribution is 8.00. The molecule has 152 valence electrons. The van der Waals surface area contributed by atoms with Crippen LogP contribution >= 0.6 is 11.8 Å². The first-order valence-electron chi connectivity index (χ1n) is 9.67. The molecule has 2 aliphatic heterocycles. The Balaban J connectivity index is 1.57. The summed E-state index contributed by atoms with van der Waals surface area (Å²) in [5, 5.41) is 16.2. The lowest BCUT2D eigenvalue weighted by atomic mass is 10.0. The number of hydrogen-bond donors (Lipinski definition) is 2. The molecule has 2 amide bonds. The van der Waals surface area contributed by atoms with Crippen molar-refractivity contribution < 1.29 is 19.8 Å². The zero-order chi connectivity index (χ0) is 20.3. The van der Waals surface area contributed by atoms with Crippen LogP contribution in [0.4, 0.5) is 5.69 Å². The van der Waals surface area contributed by atoms with E-state index < -0.39 is 4.92 Å². The number of hydrogen-bond acceptors (Lipinski definition) is 5. The van der Waals surface area contributed by atoms with Crippen molar-refractivity contribution in [2.45, 2.75) is 50.1 Å². The van der Waals surface area contributed by atoms with Crippen molar-refractivity contribution >= 4 is 29.3 Å². The average molecular weight is 408 g/mol. The molecule has 2 fully saturated rings. The minimum atomic E-state index is -0.489. The summed E-state index contributed by atoms with van der Waals surface area (Å²) in [6, 6.07) is 5.97. The van der Waals surface area contributed by atoms with Gasteiger partial charge in [0.25, 0.3) is 17.5 Å². The Morgan fingerprint density at radius 2 is 2.14 bits per heavy atom. The molecule has 0 aromatic heterocycles. The first-order chi connectivity index (χ1) is 13.3. The summed E-state index contributed by atoms with van der Waals surface area (Å²) < 4.78 is 0. The van der Waals surface area contributed by atoms with Gasteiger partial charge in [0, 0.05) is 49.7 Å². The second kappa shape index (κ2) is 8.48. The van der Waals surface area contributed by atoms with E-state index in [1.54, 1.807) is 11.0 Å². The van der Waals surface area contributed by atoms with Crippen molar-refractivity contribution in [3.63, 3.8) is 0 Å². The monoisotopic (exact) mass is 407 g/mol. The van der Waals surface area contributed by atoms with Gasteiger partial charge in [-0.25, -0.2) is 0 Å². The van der Waals surface area contributed by atoms with E-state index in [1.165, 1.54) is 18.2 Å². The molecule has 3 rings (SSSR count). The number of thioether (sulfide) groups is 1. The van der Waals surface area contributed by atoms with Crippen LogP contribution in [-0.4, -0.2) is 57.4 Å². The lowest BCUT2D eigenvalue weighted by Gasteiger charge is -2.36. The number of amides is 2. The van der Waals surface area contributed by atoms with E-state index in [0.717, 1.165) is 25.0 Å². The maximum atomic E-state index is 12.7. The minimum Gasteiger partial charge on any atom is -0.348 e. The van der Waals surface area contributed by atoms with E-state index in [4.69, 9.17) is 0 Å². The van der Waals surface area contributed by atoms with Crippen LogP contribution in [-0.2, 0) is 4.79 Å². The number of nitro benzene ring substituents is 1. The van der Waals surface area contributed by atoms with Gasteiger partial charge in [-0.3, -0.25) is 19.7 Å². The number of carbonyl (C=O) groups excluding carboxylic acids is 2. The van der Waals surface area contributed by atoms with Gasteiger partial charge in [-0.2, -0.15) is 0 Å². The Bertz CT molecular complexity index is 764. The van der Waals surface area contributed by atoms with Gasteiger partial charge in [-0.05, 0) is 19.4 Å². The number of benzene rings is 1. The molecule has 8 nitrogen and oxygen atoms in total. The summed E-state index contributed by atoms with van der Waals surface area (Å²) in [5.74, 6) is 0.697. The molecule has 1 aromatic carbocycles. The van der Waals surface area contributed by atoms with Crippen molar-refractivity contribution in [1.29, 1.82) is 0 Å². The number of nitro groups is 1. The zero-order valence-corrected chi connectivity index (χ0v) is 17.0. The van der Waals surface area contributed by atoms with Gasteiger partial charge in [-0.1, -0.05) is 24.8 Å². The summed E-state index contributed by atoms with van der Waals surface area (Å²) >= 11 is 1.81. The fourth-order valence-corrected chi connectivity index (χ4v) is 5.15. The normalized spacial score (nSPS) is 22.1. The highest BCUT2D eigenvalue weighted by Crippen LogP contribution is 2.34. The molecule has 2 aliphatic rings. The van der Waals surface area contributed by atoms with E-state index in [0.29, 0.717) is 18.7 Å². The molecule has 9 heteroatoms. The molecule has 2 atom stereocenters. The average Bonchev–Trinajstić information content (AvgIpc) is 3.11. The Morgan fingerprint density at radius 3 is 2.79 bits per heavy atom. The lowest BCUT2D eigenvalue weighted by Crippen LogP contribution is -3.00. The third-order valence-electron chi connectivity index (χ3n) is 5.59. The van der Waals surface area contributed by atoms with Gasteiger partial charge in [-0.15, -0.1) is 0 Å². The molecule has 3 N–H and O–H groups in total. The van der Waals surface area contributed by atoms with Crippen molar-refractivity contribution in [1.82, 2.24) is 10.2 Å². The van der Waals surface area contributed by atoms with Gasteiger partial charge in [0.1, 0.15) is 4.87 Å². The van der Waals surface area contributed by atoms with Gasteiger partial charge in [0.05, 0.1) is 10.7 Å². The van der Waals surface area contributed by atoms with Gasteiger partial charge >= 0.3 is 0 Å². The predicted octanol–water partition coefficient (Wildman–Crippen LogP) is 1.12. The van der Waals surface area contributed by atoms with E-state index in [1.807, 2.05) is 25.6 Å². The summed E-state index contributed by atoms with van der Waals surface area (Å²) in [7, 11) is 0. The predicted molar refractivity (Wildman–Crippen MR) is 107 cm³/mol. The standard InChI is InChI=1S/C19H26N4O4S/c1-3-13(2)20-17(24)16-12-28-19(21-16)7-9-22(10-8-19)18(25)14-5-4-6-15(11-14)23(26)27/h4-6,11,13,16,21H,3,7-10,12H2,1-2H3,(H,20,24)/p+1/t13-,16+/m0/s1. The first-order valence-corrected chi connectivity index (χ1v) is 10.7. The van der Waals surface area contributed by atoms with E-state index >= 15 is 0 Å². The fourth-order valence-electron chi connectivity index (χ4n) is 3.66. The van der Waals surface area contributed by atoms with Gasteiger partial charge in [0.2, 0.25) is 0 Å². The molecule has 1 spiro atoms. The fraction of sp³-hybridized carbons (Fsp3) is 0.579. The highest BCUT2D eigenvalue weighted by Gasteiger charge is 2.48. The summed E-state index contributed by atoms with van der Waals surface area (Å²) in [6.45, 7) is 5.23. The summed E-state index contributed by atoms with van der Waals surface area (Å²) in [4.78, 5) is 37.3. The number of nitrogens with two attached hydrogens (primary N) is 1. The number of rotatable bonds is 5. The van der Waals surface area contributed by atoms with Crippen LogP contribution in [0.15, 0.2) is 24.3 Å². The van der Waals surface area contributed by atoms with Gasteiger partial charge < -0.3 is 15.5 Å². The number of nitrogens with one attached hydrogen (secondary N) is 1. The van der Waals surface area contributed by atoms with Crippen molar-refractivity contribution in [2.24, 2.45) is 0 Å². The Kier molecular flexibility index (Phi) is 6.24. The zero-order valence-electron chi connectivity index (χ0n) is 16.2. The molecular weight excluding hydrogens is 380 g/mol. The lowest BCUT2D eigenvalue weighted by molar-refractivity contribution is -0.714. The molecule has 0 saturated carbocycles. The SMILES string of the molecule is CC[C@H](C)NC(=O)[C@H]1CSC2(CCN(C(=O)c3cccc([N+](=O)[O-])c3)CC2)[NH2+]1. The quantitative estimate of drug-likeness (QED) is 0.562. The molecule has 0 unspecified atom stereocenters. The number of quaternary nitrogens is 1. The topological polar surface area (TPSA) is 109 Å². The Labute approximate surface area is 168 Å². The highest BCUT2D eigenvalue weighted by atomic mass is 32.2. The van der Waals surface area contributed by atoms with Crippen LogP contribution in [0.5, 0.6) is 0 Å². The molecule has 0 bridgehead atoms. The molecule has 0 radical (unpaired) electrons. The van der Waals surface area contributed by atoms with Gasteiger partial charge in [0.15, 0.2) is 6.04 Å². The Hall–Kier alpha value is -2.13. The third-order valence-corrected chi connectivity index (χ3v) is 7.24. The molecule has 28 heavy (non-hydrogen) atoms. The molecule has 0 aliphatic carbocycles. The second-order valence-electron chi connectivity index (χ2n) is 7.57. The second-order valence-corrected chi connectivity index (χ2v) is 9.00. The number of likely N-dealkylation sites (tertiary alicyclic amines) is 1. The molecule has 2 heterocycles. The smallest absolute Gasteiger partial charge is 0.279 e. The summed E-state index contributed by atoms with van der Waals surface area (Å²) in [6.07, 6.45) is 2.50. The molecular formula is C19H27N4O4S+. The molecule has 2 saturated heterocycles. The molecule has 1 aromatic rings. The van der Waals surface area contributed by atoms with Crippen LogP contribution in [0.25, 0.3) is 0 Å². The first kappa shape index (κ1) is 20.6. The van der Waals surface area contributed by atoms with E-state index in [-0.39, 0.29) is 34.5 Å². The number of non-ortho nitro benzene ring substituents is 1. The number of piperidine rings is 1. The van der Waals surface area contributed by atoms with Crippen LogP contribution < -0.4 is 10.6 Å². The number of nitrogens with zero attached hydrogens (tertiary/aromatic N) is 2.